The Morgan fingerprint density at radius 3 is 2.29 bits per heavy atom. The van der Waals surface area contributed by atoms with Gasteiger partial charge in [0.05, 0.1) is 0 Å². The van der Waals surface area contributed by atoms with Crippen LogP contribution in [0.1, 0.15) is 32.3 Å². The number of amides is 1. The van der Waals surface area contributed by atoms with Gasteiger partial charge in [-0.3, -0.25) is 4.79 Å². The highest BCUT2D eigenvalue weighted by molar-refractivity contribution is 5.82. The number of carbonyl (C=O) groups excluding carboxylic acids is 1. The van der Waals surface area contributed by atoms with Crippen LogP contribution in [0.15, 0.2) is 18.2 Å². The lowest BCUT2D eigenvalue weighted by atomic mass is 9.68. The van der Waals surface area contributed by atoms with Gasteiger partial charge in [-0.25, -0.2) is 9.18 Å². The Labute approximate surface area is 177 Å². The summed E-state index contributed by atoms with van der Waals surface area (Å²) in [6.07, 6.45) is -3.11. The Kier molecular flexibility index (Phi) is 6.50. The lowest BCUT2D eigenvalue weighted by Gasteiger charge is -2.51. The number of hydrogen-bond donors (Lipinski definition) is 2. The molecule has 3 aliphatic heterocycles. The lowest BCUT2D eigenvalue weighted by molar-refractivity contribution is -0.192. The number of benzene rings is 1. The zero-order valence-electron chi connectivity index (χ0n) is 17.3. The summed E-state index contributed by atoms with van der Waals surface area (Å²) in [6.45, 7) is 7.25. The van der Waals surface area contributed by atoms with Crippen molar-refractivity contribution in [2.24, 2.45) is 11.3 Å². The van der Waals surface area contributed by atoms with Crippen LogP contribution in [0.2, 0.25) is 0 Å². The number of alkyl halides is 3. The quantitative estimate of drug-likeness (QED) is 0.683. The Bertz CT molecular complexity index is 835. The molecule has 6 nitrogen and oxygen atoms in total. The topological polar surface area (TPSA) is 78.9 Å². The molecule has 3 heterocycles. The highest BCUT2D eigenvalue weighted by atomic mass is 19.4. The van der Waals surface area contributed by atoms with Crippen LogP contribution in [0.5, 0.6) is 5.75 Å². The molecule has 0 radical (unpaired) electrons. The largest absolute Gasteiger partial charge is 0.490 e. The molecule has 0 aliphatic carbocycles. The average molecular weight is 446 g/mol. The van der Waals surface area contributed by atoms with Crippen LogP contribution in [0.4, 0.5) is 17.6 Å². The van der Waals surface area contributed by atoms with Crippen molar-refractivity contribution in [3.8, 4) is 5.75 Å². The Balaban J connectivity index is 0.000000339. The standard InChI is InChI=1S/C19H25FN2O2.C2HF3O2/c1-19(2)11-21-17(19)12-6-8-22(9-7-12)18(23)15-10-13-4-3-5-14(20)16(13)24-15;3-2(4,5)1(6)7/h3-5,12,15,17,21H,6-11H2,1-2H3;(H,6,7). The van der Waals surface area contributed by atoms with E-state index in [4.69, 9.17) is 14.6 Å². The second kappa shape index (κ2) is 8.64. The molecule has 1 amide bonds. The zero-order valence-corrected chi connectivity index (χ0v) is 17.3. The maximum absolute atomic E-state index is 13.8. The Morgan fingerprint density at radius 1 is 1.23 bits per heavy atom. The Hall–Kier alpha value is -2.36. The van der Waals surface area contributed by atoms with Gasteiger partial charge in [-0.1, -0.05) is 26.0 Å². The number of carboxylic acids is 1. The molecule has 0 bridgehead atoms. The van der Waals surface area contributed by atoms with E-state index in [-0.39, 0.29) is 17.5 Å². The van der Waals surface area contributed by atoms with Crippen molar-refractivity contribution in [2.45, 2.75) is 51.4 Å². The molecule has 4 rings (SSSR count). The molecule has 2 N–H and O–H groups in total. The summed E-state index contributed by atoms with van der Waals surface area (Å²) in [4.78, 5) is 23.5. The smallest absolute Gasteiger partial charge is 0.477 e. The number of piperidine rings is 1. The number of carbonyl (C=O) groups is 2. The summed E-state index contributed by atoms with van der Waals surface area (Å²) in [5, 5.41) is 10.7. The van der Waals surface area contributed by atoms with Gasteiger partial charge in [0.15, 0.2) is 17.7 Å². The third-order valence-corrected chi connectivity index (χ3v) is 6.17. The van der Waals surface area contributed by atoms with Gasteiger partial charge in [-0.15, -0.1) is 0 Å². The number of aliphatic carboxylic acids is 1. The average Bonchev–Trinajstić information content (AvgIpc) is 3.13. The normalized spacial score (nSPS) is 24.9. The van der Waals surface area contributed by atoms with Crippen molar-refractivity contribution in [2.75, 3.05) is 19.6 Å². The number of para-hydroxylation sites is 1. The van der Waals surface area contributed by atoms with E-state index in [2.05, 4.69) is 19.2 Å². The molecule has 0 spiro atoms. The van der Waals surface area contributed by atoms with E-state index in [0.29, 0.717) is 23.8 Å². The van der Waals surface area contributed by atoms with Gasteiger partial charge in [-0.2, -0.15) is 13.2 Å². The molecule has 0 aromatic heterocycles. The minimum Gasteiger partial charge on any atom is -0.477 e. The summed E-state index contributed by atoms with van der Waals surface area (Å²) in [5.74, 6) is -2.24. The first-order chi connectivity index (χ1) is 14.4. The number of nitrogens with zero attached hydrogens (tertiary/aromatic N) is 1. The number of nitrogens with one attached hydrogen (secondary N) is 1. The summed E-state index contributed by atoms with van der Waals surface area (Å²) >= 11 is 0. The number of rotatable bonds is 2. The first kappa shape index (κ1) is 23.3. The van der Waals surface area contributed by atoms with E-state index in [1.54, 1.807) is 6.07 Å². The van der Waals surface area contributed by atoms with Gasteiger partial charge in [0.1, 0.15) is 0 Å². The van der Waals surface area contributed by atoms with Crippen molar-refractivity contribution in [3.05, 3.63) is 29.6 Å². The van der Waals surface area contributed by atoms with Crippen LogP contribution in [0.3, 0.4) is 0 Å². The summed E-state index contributed by atoms with van der Waals surface area (Å²) in [5.41, 5.74) is 1.16. The highest BCUT2D eigenvalue weighted by Gasteiger charge is 2.44. The van der Waals surface area contributed by atoms with E-state index in [0.717, 1.165) is 38.0 Å². The second-order valence-corrected chi connectivity index (χ2v) is 8.85. The van der Waals surface area contributed by atoms with E-state index < -0.39 is 18.2 Å². The van der Waals surface area contributed by atoms with Crippen LogP contribution in [0.25, 0.3) is 0 Å². The SMILES string of the molecule is CC1(C)CNC1C1CCN(C(=O)C2Cc3cccc(F)c3O2)CC1.O=C(O)C(F)(F)F. The summed E-state index contributed by atoms with van der Waals surface area (Å²) in [7, 11) is 0. The van der Waals surface area contributed by atoms with Crippen LogP contribution in [0, 0.1) is 17.2 Å². The van der Waals surface area contributed by atoms with E-state index in [1.165, 1.54) is 6.07 Å². The molecule has 1 aromatic carbocycles. The summed E-state index contributed by atoms with van der Waals surface area (Å²) in [6, 6.07) is 5.45. The fourth-order valence-electron chi connectivity index (χ4n) is 4.46. The fraction of sp³-hybridized carbons (Fsp3) is 0.619. The first-order valence-electron chi connectivity index (χ1n) is 10.2. The number of ether oxygens (including phenoxy) is 1. The van der Waals surface area contributed by atoms with E-state index in [9.17, 15) is 22.4 Å². The zero-order chi connectivity index (χ0) is 23.0. The van der Waals surface area contributed by atoms with Crippen molar-refractivity contribution < 1.29 is 37.0 Å². The number of fused-ring (bicyclic) bond motifs is 1. The molecule has 172 valence electrons. The van der Waals surface area contributed by atoms with Gasteiger partial charge >= 0.3 is 12.1 Å². The Morgan fingerprint density at radius 2 is 1.84 bits per heavy atom. The van der Waals surface area contributed by atoms with Crippen molar-refractivity contribution in [3.63, 3.8) is 0 Å². The molecule has 10 heteroatoms. The van der Waals surface area contributed by atoms with Crippen LogP contribution in [-0.2, 0) is 16.0 Å². The van der Waals surface area contributed by atoms with Gasteiger partial charge in [0.2, 0.25) is 0 Å². The van der Waals surface area contributed by atoms with Crippen molar-refractivity contribution in [1.29, 1.82) is 0 Å². The molecule has 2 fully saturated rings. The molecule has 3 aliphatic rings. The molecular formula is C21H26F4N2O4. The van der Waals surface area contributed by atoms with Crippen molar-refractivity contribution in [1.82, 2.24) is 10.2 Å². The molecule has 2 saturated heterocycles. The van der Waals surface area contributed by atoms with Gasteiger partial charge < -0.3 is 20.1 Å². The van der Waals surface area contributed by atoms with Crippen LogP contribution < -0.4 is 10.1 Å². The molecule has 2 atom stereocenters. The maximum atomic E-state index is 13.8. The highest BCUT2D eigenvalue weighted by Crippen LogP contribution is 2.38. The van der Waals surface area contributed by atoms with E-state index >= 15 is 0 Å². The minimum absolute atomic E-state index is 0.00452. The number of halogens is 4. The summed E-state index contributed by atoms with van der Waals surface area (Å²) < 4.78 is 51.1. The van der Waals surface area contributed by atoms with Crippen LogP contribution in [-0.4, -0.2) is 59.8 Å². The number of likely N-dealkylation sites (tertiary alicyclic amines) is 1. The molecule has 0 saturated carbocycles. The van der Waals surface area contributed by atoms with E-state index in [1.807, 2.05) is 11.0 Å². The molecule has 31 heavy (non-hydrogen) atoms. The lowest BCUT2D eigenvalue weighted by Crippen LogP contribution is -2.64. The van der Waals surface area contributed by atoms with Crippen molar-refractivity contribution >= 4 is 11.9 Å². The number of carboxylic acid groups (broad SMARTS) is 1. The predicted octanol–water partition coefficient (Wildman–Crippen LogP) is 3.00. The maximum Gasteiger partial charge on any atom is 0.490 e. The first-order valence-corrected chi connectivity index (χ1v) is 10.2. The predicted molar refractivity (Wildman–Crippen MR) is 103 cm³/mol. The fourth-order valence-corrected chi connectivity index (χ4v) is 4.46. The molecule has 1 aromatic rings. The van der Waals surface area contributed by atoms with Crippen LogP contribution >= 0.6 is 0 Å². The minimum atomic E-state index is -5.08. The number of hydrogen-bond acceptors (Lipinski definition) is 4. The molecule has 2 unspecified atom stereocenters. The van der Waals surface area contributed by atoms with Gasteiger partial charge in [0, 0.05) is 37.7 Å². The second-order valence-electron chi connectivity index (χ2n) is 8.85. The monoisotopic (exact) mass is 446 g/mol. The van der Waals surface area contributed by atoms with Gasteiger partial charge in [-0.05, 0) is 30.2 Å². The van der Waals surface area contributed by atoms with Gasteiger partial charge in [0.25, 0.3) is 5.91 Å². The third-order valence-electron chi connectivity index (χ3n) is 6.17. The third kappa shape index (κ3) is 5.11. The molecular weight excluding hydrogens is 420 g/mol.